The zero-order valence-electron chi connectivity index (χ0n) is 17.1. The van der Waals surface area contributed by atoms with Gasteiger partial charge in [-0.15, -0.1) is 0 Å². The first-order chi connectivity index (χ1) is 14.1. The van der Waals surface area contributed by atoms with E-state index in [1.54, 1.807) is 20.8 Å². The Kier molecular flexibility index (Phi) is 9.92. The average Bonchev–Trinajstić information content (AvgIpc) is 2.71. The highest BCUT2D eigenvalue weighted by molar-refractivity contribution is 7.89. The Balaban J connectivity index is 2.54. The first-order valence-electron chi connectivity index (χ1n) is 9.27. The molecule has 0 saturated heterocycles. The van der Waals surface area contributed by atoms with Crippen molar-refractivity contribution in [2.75, 3.05) is 32.8 Å². The molecule has 0 atom stereocenters. The van der Waals surface area contributed by atoms with Crippen LogP contribution < -0.4 is 16.0 Å². The molecule has 0 heterocycles. The smallest absolute Gasteiger partial charge is 0.325 e. The summed E-state index contributed by atoms with van der Waals surface area (Å²) in [5.41, 5.74) is 0.148. The van der Waals surface area contributed by atoms with Gasteiger partial charge in [0.25, 0.3) is 11.8 Å². The first kappa shape index (κ1) is 25.0. The van der Waals surface area contributed by atoms with E-state index >= 15 is 0 Å². The second-order valence-corrected chi connectivity index (χ2v) is 7.80. The summed E-state index contributed by atoms with van der Waals surface area (Å²) in [6.45, 7) is 4.92. The minimum absolute atomic E-state index is 0.0558. The molecule has 30 heavy (non-hydrogen) atoms. The minimum atomic E-state index is -3.64. The molecule has 0 radical (unpaired) electrons. The van der Waals surface area contributed by atoms with Crippen LogP contribution in [0.2, 0.25) is 0 Å². The Morgan fingerprint density at radius 3 is 2.10 bits per heavy atom. The third kappa shape index (κ3) is 7.44. The fraction of sp³-hybridized carbons (Fsp3) is 0.444. The number of rotatable bonds is 10. The van der Waals surface area contributed by atoms with Crippen molar-refractivity contribution >= 4 is 33.8 Å². The summed E-state index contributed by atoms with van der Waals surface area (Å²) in [7, 11) is -3.64. The second kappa shape index (κ2) is 11.9. The average molecular weight is 442 g/mol. The Morgan fingerprint density at radius 1 is 0.967 bits per heavy atom. The third-order valence-corrected chi connectivity index (χ3v) is 5.87. The molecule has 0 aliphatic carbocycles. The van der Waals surface area contributed by atoms with Crippen molar-refractivity contribution < 1.29 is 32.3 Å². The van der Waals surface area contributed by atoms with Gasteiger partial charge < -0.3 is 15.4 Å². The maximum absolute atomic E-state index is 12.4. The number of benzene rings is 1. The highest BCUT2D eigenvalue weighted by Crippen LogP contribution is 2.16. The summed E-state index contributed by atoms with van der Waals surface area (Å²) < 4.78 is 30.8. The summed E-state index contributed by atoms with van der Waals surface area (Å²) in [5.74, 6) is -2.31. The van der Waals surface area contributed by atoms with Crippen LogP contribution in [0, 0.1) is 0 Å². The Morgan fingerprint density at radius 2 is 1.57 bits per heavy atom. The van der Waals surface area contributed by atoms with Crippen LogP contribution in [0.25, 0.3) is 0 Å². The summed E-state index contributed by atoms with van der Waals surface area (Å²) in [4.78, 5) is 46.3. The lowest BCUT2D eigenvalue weighted by atomic mass is 10.2. The molecular formula is C18H26N4O7S. The Hall–Kier alpha value is -2.99. The number of ether oxygens (including phenoxy) is 1. The highest BCUT2D eigenvalue weighted by Gasteiger charge is 2.21. The lowest BCUT2D eigenvalue weighted by Gasteiger charge is -2.18. The Bertz CT molecular complexity index is 865. The fourth-order valence-corrected chi connectivity index (χ4v) is 3.77. The van der Waals surface area contributed by atoms with Gasteiger partial charge in [0.1, 0.15) is 6.54 Å². The summed E-state index contributed by atoms with van der Waals surface area (Å²) in [6, 6.07) is 4.57. The normalized spacial score (nSPS) is 10.9. The van der Waals surface area contributed by atoms with E-state index < -0.39 is 47.0 Å². The lowest BCUT2D eigenvalue weighted by molar-refractivity contribution is -0.147. The summed E-state index contributed by atoms with van der Waals surface area (Å²) in [5, 5.41) is 6.60. The molecule has 0 aliphatic heterocycles. The predicted molar refractivity (Wildman–Crippen MR) is 107 cm³/mol. The van der Waals surface area contributed by atoms with E-state index in [1.807, 2.05) is 5.32 Å². The topological polar surface area (TPSA) is 151 Å². The molecule has 1 rings (SSSR count). The van der Waals surface area contributed by atoms with Crippen LogP contribution in [0.4, 0.5) is 4.79 Å². The van der Waals surface area contributed by atoms with Crippen LogP contribution >= 0.6 is 0 Å². The van der Waals surface area contributed by atoms with Crippen LogP contribution in [0.1, 0.15) is 31.1 Å². The zero-order chi connectivity index (χ0) is 22.7. The lowest BCUT2D eigenvalue weighted by Crippen LogP contribution is -2.41. The van der Waals surface area contributed by atoms with Gasteiger partial charge in [-0.05, 0) is 31.2 Å². The molecule has 4 amide bonds. The van der Waals surface area contributed by atoms with E-state index in [9.17, 15) is 27.6 Å². The second-order valence-electron chi connectivity index (χ2n) is 5.86. The van der Waals surface area contributed by atoms with Gasteiger partial charge >= 0.3 is 12.0 Å². The highest BCUT2D eigenvalue weighted by atomic mass is 32.2. The van der Waals surface area contributed by atoms with Crippen molar-refractivity contribution in [3.05, 3.63) is 29.8 Å². The maximum atomic E-state index is 12.4. The zero-order valence-corrected chi connectivity index (χ0v) is 17.9. The van der Waals surface area contributed by atoms with Crippen molar-refractivity contribution in [3.63, 3.8) is 0 Å². The number of nitrogens with zero attached hydrogens (tertiary/aromatic N) is 1. The molecule has 0 unspecified atom stereocenters. The van der Waals surface area contributed by atoms with Gasteiger partial charge in [0.2, 0.25) is 10.0 Å². The molecule has 1 aromatic rings. The fourth-order valence-electron chi connectivity index (χ4n) is 2.31. The monoisotopic (exact) mass is 442 g/mol. The Labute approximate surface area is 175 Å². The molecule has 0 aromatic heterocycles. The van der Waals surface area contributed by atoms with Gasteiger partial charge in [0.05, 0.1) is 4.90 Å². The minimum Gasteiger partial charge on any atom is -0.454 e. The number of hydrogen-bond donors (Lipinski definition) is 3. The number of nitrogens with one attached hydrogen (secondary N) is 3. The molecule has 1 aromatic carbocycles. The van der Waals surface area contributed by atoms with Gasteiger partial charge in [-0.1, -0.05) is 13.8 Å². The van der Waals surface area contributed by atoms with E-state index in [0.717, 1.165) is 0 Å². The summed E-state index contributed by atoms with van der Waals surface area (Å²) in [6.07, 6.45) is 0. The van der Waals surface area contributed by atoms with Crippen LogP contribution in [-0.4, -0.2) is 69.3 Å². The number of esters is 1. The molecule has 166 valence electrons. The number of amides is 4. The number of sulfonamides is 1. The molecule has 0 fully saturated rings. The van der Waals surface area contributed by atoms with Gasteiger partial charge in [-0.25, -0.2) is 13.2 Å². The van der Waals surface area contributed by atoms with Gasteiger partial charge in [-0.3, -0.25) is 19.7 Å². The van der Waals surface area contributed by atoms with Crippen molar-refractivity contribution in [1.82, 2.24) is 20.3 Å². The maximum Gasteiger partial charge on any atom is 0.325 e. The van der Waals surface area contributed by atoms with Crippen LogP contribution in [0.15, 0.2) is 29.2 Å². The van der Waals surface area contributed by atoms with Gasteiger partial charge in [-0.2, -0.15) is 4.31 Å². The predicted octanol–water partition coefficient (Wildman–Crippen LogP) is -0.164. The SMILES string of the molecule is CCNC(=O)NC(=O)COC(=O)CNC(=O)c1ccc(S(=O)(=O)N(CC)CC)cc1. The van der Waals surface area contributed by atoms with E-state index in [-0.39, 0.29) is 10.5 Å². The molecular weight excluding hydrogens is 416 g/mol. The van der Waals surface area contributed by atoms with Crippen molar-refractivity contribution in [3.8, 4) is 0 Å². The van der Waals surface area contributed by atoms with Crippen molar-refractivity contribution in [2.24, 2.45) is 0 Å². The molecule has 12 heteroatoms. The molecule has 0 aliphatic rings. The van der Waals surface area contributed by atoms with Crippen LogP contribution in [0.5, 0.6) is 0 Å². The molecule has 0 saturated carbocycles. The van der Waals surface area contributed by atoms with Crippen LogP contribution in [0.3, 0.4) is 0 Å². The number of hydrogen-bond acceptors (Lipinski definition) is 7. The van der Waals surface area contributed by atoms with E-state index in [0.29, 0.717) is 19.6 Å². The molecule has 0 spiro atoms. The molecule has 11 nitrogen and oxygen atoms in total. The number of carbonyl (C=O) groups is 4. The van der Waals surface area contributed by atoms with Crippen molar-refractivity contribution in [1.29, 1.82) is 0 Å². The third-order valence-electron chi connectivity index (χ3n) is 3.81. The van der Waals surface area contributed by atoms with Gasteiger partial charge in [0.15, 0.2) is 6.61 Å². The van der Waals surface area contributed by atoms with E-state index in [1.165, 1.54) is 28.6 Å². The van der Waals surface area contributed by atoms with E-state index in [4.69, 9.17) is 0 Å². The standard InChI is InChI=1S/C18H26N4O7S/c1-4-19-18(26)21-15(23)12-29-16(24)11-20-17(25)13-7-9-14(10-8-13)30(27,28)22(5-2)6-3/h7-10H,4-6,11-12H2,1-3H3,(H,20,25)(H2,19,21,23,26). The molecule has 0 bridgehead atoms. The summed E-state index contributed by atoms with van der Waals surface area (Å²) >= 11 is 0. The van der Waals surface area contributed by atoms with Gasteiger partial charge in [0, 0.05) is 25.2 Å². The number of urea groups is 1. The van der Waals surface area contributed by atoms with E-state index in [2.05, 4.69) is 15.4 Å². The quantitative estimate of drug-likeness (QED) is 0.426. The molecule has 3 N–H and O–H groups in total. The van der Waals surface area contributed by atoms with Crippen LogP contribution in [-0.2, 0) is 24.3 Å². The largest absolute Gasteiger partial charge is 0.454 e. The van der Waals surface area contributed by atoms with Crippen molar-refractivity contribution in [2.45, 2.75) is 25.7 Å². The first-order valence-corrected chi connectivity index (χ1v) is 10.7. The number of imide groups is 1. The number of carbonyl (C=O) groups excluding carboxylic acids is 4.